The minimum Gasteiger partial charge on any atom is -0.479 e. The third-order valence-electron chi connectivity index (χ3n) is 5.29. The smallest absolute Gasteiger partial charge is 0.337 e. The average molecular weight is 461 g/mol. The van der Waals surface area contributed by atoms with E-state index in [4.69, 9.17) is 21.3 Å². The number of rotatable bonds is 5. The highest BCUT2D eigenvalue weighted by Crippen LogP contribution is 2.41. The van der Waals surface area contributed by atoms with E-state index in [1.165, 1.54) is 0 Å². The molecule has 33 heavy (non-hydrogen) atoms. The van der Waals surface area contributed by atoms with Gasteiger partial charge < -0.3 is 9.84 Å². The van der Waals surface area contributed by atoms with Crippen LogP contribution in [-0.4, -0.2) is 26.6 Å². The maximum absolute atomic E-state index is 12.4. The van der Waals surface area contributed by atoms with Gasteiger partial charge in [0.05, 0.1) is 16.8 Å². The lowest BCUT2D eigenvalue weighted by atomic mass is 9.88. The summed E-state index contributed by atoms with van der Waals surface area (Å²) in [5.41, 5.74) is 4.86. The van der Waals surface area contributed by atoms with Gasteiger partial charge in [-0.2, -0.15) is 0 Å². The predicted octanol–water partition coefficient (Wildman–Crippen LogP) is 6.87. The topological polar surface area (TPSA) is 72.3 Å². The van der Waals surface area contributed by atoms with Gasteiger partial charge in [0.2, 0.25) is 0 Å². The van der Waals surface area contributed by atoms with E-state index < -0.39 is 17.7 Å². The van der Waals surface area contributed by atoms with Crippen molar-refractivity contribution in [3.05, 3.63) is 83.1 Å². The molecule has 4 aromatic rings. The summed E-state index contributed by atoms with van der Waals surface area (Å²) in [6, 6.07) is 17.0. The van der Waals surface area contributed by atoms with Crippen LogP contribution >= 0.6 is 11.6 Å². The molecule has 0 unspecified atom stereocenters. The fourth-order valence-electron chi connectivity index (χ4n) is 3.95. The lowest BCUT2D eigenvalue weighted by molar-refractivity contribution is -0.160. The largest absolute Gasteiger partial charge is 0.479 e. The van der Waals surface area contributed by atoms with E-state index in [1.54, 1.807) is 24.5 Å². The molecule has 5 nitrogen and oxygen atoms in total. The number of fused-ring (bicyclic) bond motifs is 1. The molecule has 6 heteroatoms. The first-order valence-electron chi connectivity index (χ1n) is 10.7. The summed E-state index contributed by atoms with van der Waals surface area (Å²) < 4.78 is 6.04. The number of ether oxygens (including phenoxy) is 1. The average Bonchev–Trinajstić information content (AvgIpc) is 2.77. The highest BCUT2D eigenvalue weighted by Gasteiger charge is 2.31. The Hall–Kier alpha value is -3.28. The molecule has 1 atom stereocenters. The molecule has 0 aliphatic heterocycles. The van der Waals surface area contributed by atoms with E-state index in [1.807, 2.05) is 70.2 Å². The molecule has 168 valence electrons. The van der Waals surface area contributed by atoms with Crippen LogP contribution in [-0.2, 0) is 9.53 Å². The number of hydrogen-bond acceptors (Lipinski definition) is 4. The number of carboxylic acids is 1. The number of carboxylic acid groups (broad SMARTS) is 1. The van der Waals surface area contributed by atoms with Gasteiger partial charge in [-0.25, -0.2) is 9.78 Å². The van der Waals surface area contributed by atoms with Crippen molar-refractivity contribution in [2.45, 2.75) is 39.4 Å². The van der Waals surface area contributed by atoms with E-state index in [9.17, 15) is 9.90 Å². The molecule has 4 rings (SSSR count). The van der Waals surface area contributed by atoms with Crippen LogP contribution in [0.1, 0.15) is 38.0 Å². The molecule has 2 aromatic heterocycles. The highest BCUT2D eigenvalue weighted by atomic mass is 35.5. The standard InChI is InChI=1S/C27H25ClN2O3/c1-16-14-22-20(11-12-21(30-22)18-6-5-13-29-15-18)24(17-7-9-19(28)10-8-17)23(16)25(26(31)32)33-27(2,3)4/h5-15,25H,1-4H3,(H,31,32)/t25-/m0/s1. The lowest BCUT2D eigenvalue weighted by Crippen LogP contribution is -2.28. The maximum atomic E-state index is 12.4. The number of halogens is 1. The fraction of sp³-hybridized carbons (Fsp3) is 0.222. The molecule has 0 fully saturated rings. The van der Waals surface area contributed by atoms with Crippen LogP contribution < -0.4 is 0 Å². The number of hydrogen-bond donors (Lipinski definition) is 1. The molecule has 1 N–H and O–H groups in total. The van der Waals surface area contributed by atoms with Crippen LogP contribution in [0.15, 0.2) is 67.0 Å². The van der Waals surface area contributed by atoms with Gasteiger partial charge in [0.1, 0.15) is 0 Å². The summed E-state index contributed by atoms with van der Waals surface area (Å²) in [4.78, 5) is 21.4. The third-order valence-corrected chi connectivity index (χ3v) is 5.54. The Kier molecular flexibility index (Phi) is 6.19. The molecular formula is C27H25ClN2O3. The monoisotopic (exact) mass is 460 g/mol. The Morgan fingerprint density at radius 3 is 2.39 bits per heavy atom. The Bertz CT molecular complexity index is 1310. The Morgan fingerprint density at radius 1 is 1.06 bits per heavy atom. The van der Waals surface area contributed by atoms with Crippen molar-refractivity contribution < 1.29 is 14.6 Å². The van der Waals surface area contributed by atoms with Crippen LogP contribution in [0.4, 0.5) is 0 Å². The second-order valence-corrected chi connectivity index (χ2v) is 9.38. The molecule has 0 saturated carbocycles. The molecule has 0 aliphatic rings. The van der Waals surface area contributed by atoms with E-state index in [2.05, 4.69) is 4.98 Å². The van der Waals surface area contributed by atoms with Crippen molar-refractivity contribution in [1.29, 1.82) is 0 Å². The summed E-state index contributed by atoms with van der Waals surface area (Å²) in [5, 5.41) is 11.6. The fourth-order valence-corrected chi connectivity index (χ4v) is 4.07. The van der Waals surface area contributed by atoms with Crippen molar-refractivity contribution in [3.8, 4) is 22.4 Å². The van der Waals surface area contributed by atoms with Crippen LogP contribution in [0.5, 0.6) is 0 Å². The summed E-state index contributed by atoms with van der Waals surface area (Å²) in [6.45, 7) is 7.45. The number of aliphatic carboxylic acids is 1. The molecule has 0 saturated heterocycles. The number of benzene rings is 2. The molecule has 0 aliphatic carbocycles. The van der Waals surface area contributed by atoms with Gasteiger partial charge >= 0.3 is 5.97 Å². The Labute approximate surface area is 198 Å². The minimum atomic E-state index is -1.14. The van der Waals surface area contributed by atoms with Crippen molar-refractivity contribution in [3.63, 3.8) is 0 Å². The first kappa shape index (κ1) is 22.9. The van der Waals surface area contributed by atoms with Crippen molar-refractivity contribution >= 4 is 28.5 Å². The van der Waals surface area contributed by atoms with Gasteiger partial charge in [-0.3, -0.25) is 4.98 Å². The molecular weight excluding hydrogens is 436 g/mol. The lowest BCUT2D eigenvalue weighted by Gasteiger charge is -2.28. The van der Waals surface area contributed by atoms with E-state index in [0.717, 1.165) is 38.9 Å². The Morgan fingerprint density at radius 2 is 1.79 bits per heavy atom. The van der Waals surface area contributed by atoms with Crippen molar-refractivity contribution in [2.24, 2.45) is 0 Å². The number of aromatic nitrogens is 2. The summed E-state index contributed by atoms with van der Waals surface area (Å²) in [5.74, 6) is -1.04. The zero-order valence-electron chi connectivity index (χ0n) is 19.0. The van der Waals surface area contributed by atoms with Crippen molar-refractivity contribution in [2.75, 3.05) is 0 Å². The predicted molar refractivity (Wildman–Crippen MR) is 131 cm³/mol. The van der Waals surface area contributed by atoms with Gasteiger partial charge in [0, 0.05) is 33.9 Å². The van der Waals surface area contributed by atoms with E-state index in [-0.39, 0.29) is 0 Å². The molecule has 2 heterocycles. The highest BCUT2D eigenvalue weighted by molar-refractivity contribution is 6.30. The van der Waals surface area contributed by atoms with Crippen LogP contribution in [0.3, 0.4) is 0 Å². The summed E-state index contributed by atoms with van der Waals surface area (Å²) in [7, 11) is 0. The molecule has 0 radical (unpaired) electrons. The second-order valence-electron chi connectivity index (χ2n) is 8.94. The number of aryl methyl sites for hydroxylation is 1. The number of pyridine rings is 2. The summed E-state index contributed by atoms with van der Waals surface area (Å²) >= 11 is 6.14. The first-order chi connectivity index (χ1) is 15.6. The van der Waals surface area contributed by atoms with Crippen LogP contribution in [0, 0.1) is 6.92 Å². The second kappa shape index (κ2) is 8.93. The number of nitrogens with zero attached hydrogens (tertiary/aromatic N) is 2. The van der Waals surface area contributed by atoms with Gasteiger partial charge in [-0.05, 0) is 80.8 Å². The van der Waals surface area contributed by atoms with E-state index in [0.29, 0.717) is 10.6 Å². The molecule has 2 aromatic carbocycles. The maximum Gasteiger partial charge on any atom is 0.337 e. The minimum absolute atomic E-state index is 0.606. The van der Waals surface area contributed by atoms with E-state index >= 15 is 0 Å². The molecule has 0 spiro atoms. The quantitative estimate of drug-likeness (QED) is 0.352. The van der Waals surface area contributed by atoms with Crippen LogP contribution in [0.2, 0.25) is 5.02 Å². The first-order valence-corrected chi connectivity index (χ1v) is 11.0. The van der Waals surface area contributed by atoms with Gasteiger partial charge in [-0.1, -0.05) is 29.8 Å². The van der Waals surface area contributed by atoms with Gasteiger partial charge in [0.15, 0.2) is 6.10 Å². The zero-order valence-corrected chi connectivity index (χ0v) is 19.7. The Balaban J connectivity index is 2.02. The zero-order chi connectivity index (χ0) is 23.8. The SMILES string of the molecule is Cc1cc2nc(-c3cccnc3)ccc2c(-c2ccc(Cl)cc2)c1[C@H](OC(C)(C)C)C(=O)O. The van der Waals surface area contributed by atoms with Gasteiger partial charge in [-0.15, -0.1) is 0 Å². The van der Waals surface area contributed by atoms with Crippen LogP contribution in [0.25, 0.3) is 33.3 Å². The molecule has 0 bridgehead atoms. The summed E-state index contributed by atoms with van der Waals surface area (Å²) in [6.07, 6.45) is 2.35. The third kappa shape index (κ3) is 4.90. The van der Waals surface area contributed by atoms with Crippen molar-refractivity contribution in [1.82, 2.24) is 9.97 Å². The molecule has 0 amide bonds. The van der Waals surface area contributed by atoms with Gasteiger partial charge in [0.25, 0.3) is 0 Å². The number of carbonyl (C=O) groups is 1. The normalized spacial score (nSPS) is 12.6.